The van der Waals surface area contributed by atoms with Gasteiger partial charge in [-0.2, -0.15) is 0 Å². The van der Waals surface area contributed by atoms with Gasteiger partial charge in [0.25, 0.3) is 0 Å². The number of nitrogens with two attached hydrogens (primary N) is 1. The summed E-state index contributed by atoms with van der Waals surface area (Å²) in [5.74, 6) is 3.89. The second-order valence-electron chi connectivity index (χ2n) is 4.99. The Morgan fingerprint density at radius 1 is 1.08 bits per heavy atom. The average Bonchev–Trinajstić information content (AvgIpc) is 2.65. The molecule has 0 aromatic rings. The van der Waals surface area contributed by atoms with Gasteiger partial charge < -0.3 is 5.73 Å². The SMILES string of the molecule is CCCC1C(CC(C)C)[C@@H]1CCN. The van der Waals surface area contributed by atoms with Crippen LogP contribution in [0.2, 0.25) is 0 Å². The van der Waals surface area contributed by atoms with Crippen molar-refractivity contribution in [3.05, 3.63) is 0 Å². The Kier molecular flexibility index (Phi) is 4.24. The van der Waals surface area contributed by atoms with Gasteiger partial charge in [-0.3, -0.25) is 0 Å². The van der Waals surface area contributed by atoms with E-state index in [0.29, 0.717) is 0 Å². The smallest absolute Gasteiger partial charge is 0.00744 e. The average molecular weight is 183 g/mol. The van der Waals surface area contributed by atoms with E-state index in [0.717, 1.165) is 30.2 Å². The van der Waals surface area contributed by atoms with Crippen LogP contribution in [0.4, 0.5) is 0 Å². The predicted molar refractivity (Wildman–Crippen MR) is 58.5 cm³/mol. The fourth-order valence-electron chi connectivity index (χ4n) is 2.80. The van der Waals surface area contributed by atoms with Gasteiger partial charge in [-0.25, -0.2) is 0 Å². The van der Waals surface area contributed by atoms with Gasteiger partial charge in [0, 0.05) is 0 Å². The van der Waals surface area contributed by atoms with E-state index >= 15 is 0 Å². The summed E-state index contributed by atoms with van der Waals surface area (Å²) in [5, 5.41) is 0. The maximum Gasteiger partial charge on any atom is -0.00744 e. The summed E-state index contributed by atoms with van der Waals surface area (Å²) in [6.07, 6.45) is 5.47. The molecule has 0 bridgehead atoms. The van der Waals surface area contributed by atoms with Crippen LogP contribution in [0.3, 0.4) is 0 Å². The van der Waals surface area contributed by atoms with Gasteiger partial charge in [0.15, 0.2) is 0 Å². The molecule has 2 N–H and O–H groups in total. The maximum atomic E-state index is 5.62. The Balaban J connectivity index is 2.28. The van der Waals surface area contributed by atoms with Crippen LogP contribution in [-0.2, 0) is 0 Å². The van der Waals surface area contributed by atoms with E-state index in [2.05, 4.69) is 20.8 Å². The first-order chi connectivity index (χ1) is 6.20. The minimum absolute atomic E-state index is 0.868. The summed E-state index contributed by atoms with van der Waals surface area (Å²) in [6.45, 7) is 7.85. The summed E-state index contributed by atoms with van der Waals surface area (Å²) in [7, 11) is 0. The van der Waals surface area contributed by atoms with Gasteiger partial charge in [-0.1, -0.05) is 33.6 Å². The number of hydrogen-bond acceptors (Lipinski definition) is 1. The molecule has 78 valence electrons. The Morgan fingerprint density at radius 3 is 2.15 bits per heavy atom. The molecule has 0 spiro atoms. The molecule has 1 fully saturated rings. The van der Waals surface area contributed by atoms with E-state index in [-0.39, 0.29) is 0 Å². The third-order valence-electron chi connectivity index (χ3n) is 3.37. The molecule has 0 aromatic heterocycles. The summed E-state index contributed by atoms with van der Waals surface area (Å²) in [4.78, 5) is 0. The minimum atomic E-state index is 0.868. The molecule has 0 aromatic carbocycles. The Hall–Kier alpha value is -0.0400. The molecule has 1 saturated carbocycles. The standard InChI is InChI=1S/C12H25N/c1-4-5-10-11(6-7-13)12(10)8-9(2)3/h9-12H,4-8,13H2,1-3H3/t10?,11-,12?/m1/s1. The van der Waals surface area contributed by atoms with Crippen LogP contribution in [0.1, 0.15) is 46.5 Å². The van der Waals surface area contributed by atoms with Crippen molar-refractivity contribution in [3.63, 3.8) is 0 Å². The lowest BCUT2D eigenvalue weighted by Crippen LogP contribution is -2.01. The molecule has 2 unspecified atom stereocenters. The van der Waals surface area contributed by atoms with Gasteiger partial charge in [0.2, 0.25) is 0 Å². The highest BCUT2D eigenvalue weighted by atomic mass is 14.6. The third-order valence-corrected chi connectivity index (χ3v) is 3.37. The lowest BCUT2D eigenvalue weighted by Gasteiger charge is -2.02. The number of rotatable bonds is 6. The zero-order chi connectivity index (χ0) is 9.84. The summed E-state index contributed by atoms with van der Waals surface area (Å²) in [6, 6.07) is 0. The molecule has 0 amide bonds. The van der Waals surface area contributed by atoms with E-state index < -0.39 is 0 Å². The number of hydrogen-bond donors (Lipinski definition) is 1. The largest absolute Gasteiger partial charge is 0.330 e. The van der Waals surface area contributed by atoms with Crippen molar-refractivity contribution < 1.29 is 0 Å². The van der Waals surface area contributed by atoms with Crippen molar-refractivity contribution in [1.29, 1.82) is 0 Å². The second-order valence-corrected chi connectivity index (χ2v) is 4.99. The molecule has 0 aliphatic heterocycles. The first-order valence-corrected chi connectivity index (χ1v) is 5.90. The Morgan fingerprint density at radius 2 is 1.69 bits per heavy atom. The van der Waals surface area contributed by atoms with Crippen LogP contribution in [0.15, 0.2) is 0 Å². The van der Waals surface area contributed by atoms with Gasteiger partial charge in [-0.05, 0) is 43.1 Å². The van der Waals surface area contributed by atoms with Crippen molar-refractivity contribution >= 4 is 0 Å². The topological polar surface area (TPSA) is 26.0 Å². The van der Waals surface area contributed by atoms with E-state index in [9.17, 15) is 0 Å². The highest BCUT2D eigenvalue weighted by Crippen LogP contribution is 2.54. The minimum Gasteiger partial charge on any atom is -0.330 e. The van der Waals surface area contributed by atoms with E-state index in [1.165, 1.54) is 25.7 Å². The third kappa shape index (κ3) is 2.98. The first-order valence-electron chi connectivity index (χ1n) is 5.90. The molecule has 1 nitrogen and oxygen atoms in total. The van der Waals surface area contributed by atoms with Crippen LogP contribution < -0.4 is 5.73 Å². The Bertz CT molecular complexity index is 130. The van der Waals surface area contributed by atoms with Gasteiger partial charge in [0.1, 0.15) is 0 Å². The van der Waals surface area contributed by atoms with Gasteiger partial charge in [0.05, 0.1) is 0 Å². The molecule has 0 heterocycles. The molecule has 1 aliphatic rings. The van der Waals surface area contributed by atoms with Crippen molar-refractivity contribution in [2.24, 2.45) is 29.4 Å². The molecular weight excluding hydrogens is 158 g/mol. The molecule has 1 heteroatoms. The maximum absolute atomic E-state index is 5.62. The van der Waals surface area contributed by atoms with Gasteiger partial charge >= 0.3 is 0 Å². The van der Waals surface area contributed by atoms with Crippen molar-refractivity contribution in [1.82, 2.24) is 0 Å². The lowest BCUT2D eigenvalue weighted by atomic mass is 10.0. The van der Waals surface area contributed by atoms with Crippen LogP contribution in [-0.4, -0.2) is 6.54 Å². The highest BCUT2D eigenvalue weighted by molar-refractivity contribution is 4.96. The van der Waals surface area contributed by atoms with E-state index in [4.69, 9.17) is 5.73 Å². The summed E-state index contributed by atoms with van der Waals surface area (Å²) < 4.78 is 0. The quantitative estimate of drug-likeness (QED) is 0.673. The summed E-state index contributed by atoms with van der Waals surface area (Å²) >= 11 is 0. The van der Waals surface area contributed by atoms with Crippen LogP contribution in [0.5, 0.6) is 0 Å². The second kappa shape index (κ2) is 4.99. The van der Waals surface area contributed by atoms with E-state index in [1.54, 1.807) is 0 Å². The molecule has 1 rings (SSSR count). The molecule has 1 aliphatic carbocycles. The van der Waals surface area contributed by atoms with E-state index in [1.807, 2.05) is 0 Å². The van der Waals surface area contributed by atoms with Crippen molar-refractivity contribution in [3.8, 4) is 0 Å². The molecule has 0 radical (unpaired) electrons. The van der Waals surface area contributed by atoms with Crippen LogP contribution >= 0.6 is 0 Å². The highest BCUT2D eigenvalue weighted by Gasteiger charge is 2.47. The van der Waals surface area contributed by atoms with Gasteiger partial charge in [-0.15, -0.1) is 0 Å². The summed E-state index contributed by atoms with van der Waals surface area (Å²) in [5.41, 5.74) is 5.62. The zero-order valence-electron chi connectivity index (χ0n) is 9.42. The normalized spacial score (nSPS) is 32.5. The van der Waals surface area contributed by atoms with Crippen molar-refractivity contribution in [2.45, 2.75) is 46.5 Å². The Labute approximate surface area is 83.1 Å². The molecule has 3 atom stereocenters. The van der Waals surface area contributed by atoms with Crippen LogP contribution in [0.25, 0.3) is 0 Å². The first kappa shape index (κ1) is 11.0. The molecule has 0 saturated heterocycles. The fraction of sp³-hybridized carbons (Fsp3) is 1.00. The van der Waals surface area contributed by atoms with Crippen LogP contribution in [0, 0.1) is 23.7 Å². The predicted octanol–water partition coefficient (Wildman–Crippen LogP) is 3.04. The molecule has 13 heavy (non-hydrogen) atoms. The fourth-order valence-corrected chi connectivity index (χ4v) is 2.80. The zero-order valence-corrected chi connectivity index (χ0v) is 9.42. The lowest BCUT2D eigenvalue weighted by molar-refractivity contribution is 0.491. The monoisotopic (exact) mass is 183 g/mol. The van der Waals surface area contributed by atoms with Crippen molar-refractivity contribution in [2.75, 3.05) is 6.54 Å². The molecular formula is C12H25N.